The van der Waals surface area contributed by atoms with Gasteiger partial charge in [0.25, 0.3) is 0 Å². The minimum atomic E-state index is -0.570. The number of unbranched alkanes of at least 4 members (excludes halogenated alkanes) is 1. The summed E-state index contributed by atoms with van der Waals surface area (Å²) in [7, 11) is 0. The molecule has 0 spiro atoms. The summed E-state index contributed by atoms with van der Waals surface area (Å²) in [6.07, 6.45) is 2.61. The largest absolute Gasteiger partial charge is 0.444 e. The fourth-order valence-electron chi connectivity index (χ4n) is 1.98. The number of carbonyl (C=O) groups excluding carboxylic acids is 1. The quantitative estimate of drug-likeness (QED) is 0.762. The van der Waals surface area contributed by atoms with Gasteiger partial charge in [-0.1, -0.05) is 19.8 Å². The monoisotopic (exact) mass is 310 g/mol. The van der Waals surface area contributed by atoms with E-state index in [0.717, 1.165) is 19.3 Å². The lowest BCUT2D eigenvalue weighted by molar-refractivity contribution is 0.0636. The molecule has 124 valence electrons. The predicted molar refractivity (Wildman–Crippen MR) is 88.9 cm³/mol. The van der Waals surface area contributed by atoms with Crippen molar-refractivity contribution in [2.45, 2.75) is 65.5 Å². The van der Waals surface area contributed by atoms with Gasteiger partial charge in [-0.15, -0.1) is 0 Å². The first kappa shape index (κ1) is 18.3. The van der Waals surface area contributed by atoms with Crippen LogP contribution in [-0.2, 0) is 4.74 Å². The predicted octanol–water partition coefficient (Wildman–Crippen LogP) is 5.16. The summed E-state index contributed by atoms with van der Waals surface area (Å²) >= 11 is 0. The molecule has 0 aromatic heterocycles. The molecule has 0 heterocycles. The Hall–Kier alpha value is -1.78. The molecule has 1 unspecified atom stereocenters. The number of rotatable bonds is 6. The van der Waals surface area contributed by atoms with E-state index in [9.17, 15) is 9.18 Å². The van der Waals surface area contributed by atoms with Gasteiger partial charge in [0, 0.05) is 11.7 Å². The molecule has 1 aromatic carbocycles. The molecule has 0 saturated heterocycles. The number of anilines is 2. The minimum absolute atomic E-state index is 0.172. The fourth-order valence-corrected chi connectivity index (χ4v) is 1.98. The average molecular weight is 310 g/mol. The lowest BCUT2D eigenvalue weighted by Gasteiger charge is -2.20. The molecule has 5 heteroatoms. The second-order valence-electron chi connectivity index (χ2n) is 6.51. The van der Waals surface area contributed by atoms with Gasteiger partial charge in [0.05, 0.1) is 5.69 Å². The summed E-state index contributed by atoms with van der Waals surface area (Å²) in [4.78, 5) is 11.7. The molecule has 0 aliphatic heterocycles. The maximum absolute atomic E-state index is 13.9. The molecule has 1 rings (SSSR count). The normalized spacial score (nSPS) is 12.6. The van der Waals surface area contributed by atoms with E-state index in [4.69, 9.17) is 4.74 Å². The van der Waals surface area contributed by atoms with E-state index in [1.807, 2.05) is 6.92 Å². The van der Waals surface area contributed by atoms with E-state index in [2.05, 4.69) is 17.6 Å². The number of benzene rings is 1. The highest BCUT2D eigenvalue weighted by molar-refractivity contribution is 5.85. The van der Waals surface area contributed by atoms with E-state index >= 15 is 0 Å². The molecule has 0 saturated carbocycles. The Bertz CT molecular complexity index is 498. The summed E-state index contributed by atoms with van der Waals surface area (Å²) in [6, 6.07) is 4.61. The van der Waals surface area contributed by atoms with Crippen LogP contribution in [0.4, 0.5) is 20.6 Å². The number of nitrogens with one attached hydrogen (secondary N) is 2. The van der Waals surface area contributed by atoms with Crippen molar-refractivity contribution in [3.63, 3.8) is 0 Å². The first-order valence-electron chi connectivity index (χ1n) is 7.77. The van der Waals surface area contributed by atoms with Gasteiger partial charge in [0.1, 0.15) is 11.4 Å². The van der Waals surface area contributed by atoms with Gasteiger partial charge in [-0.2, -0.15) is 0 Å². The third-order valence-electron chi connectivity index (χ3n) is 3.00. The molecule has 2 N–H and O–H groups in total. The summed E-state index contributed by atoms with van der Waals surface area (Å²) < 4.78 is 19.0. The van der Waals surface area contributed by atoms with E-state index in [0.29, 0.717) is 11.4 Å². The molecular formula is C17H27FN2O2. The Morgan fingerprint density at radius 3 is 2.64 bits per heavy atom. The van der Waals surface area contributed by atoms with Crippen molar-refractivity contribution in [2.75, 3.05) is 10.6 Å². The first-order valence-corrected chi connectivity index (χ1v) is 7.77. The molecule has 0 aliphatic rings. The lowest BCUT2D eigenvalue weighted by atomic mass is 10.1. The van der Waals surface area contributed by atoms with Crippen LogP contribution in [0, 0.1) is 5.82 Å². The maximum atomic E-state index is 13.9. The molecule has 0 bridgehead atoms. The number of hydrogen-bond donors (Lipinski definition) is 2. The zero-order valence-electron chi connectivity index (χ0n) is 14.1. The number of ether oxygens (including phenoxy) is 1. The van der Waals surface area contributed by atoms with Gasteiger partial charge in [0.2, 0.25) is 0 Å². The van der Waals surface area contributed by atoms with E-state index < -0.39 is 11.7 Å². The Balaban J connectivity index is 2.71. The topological polar surface area (TPSA) is 50.4 Å². The lowest BCUT2D eigenvalue weighted by Crippen LogP contribution is -2.27. The Kier molecular flexibility index (Phi) is 6.65. The standard InChI is InChI=1S/C17H27FN2O2/c1-6-7-8-12(2)19-15-11-13(9-10-14(15)18)20-16(21)22-17(3,4)5/h9-12,19H,6-8H2,1-5H3,(H,20,21). The van der Waals surface area contributed by atoms with Crippen LogP contribution in [0.1, 0.15) is 53.9 Å². The van der Waals surface area contributed by atoms with Crippen LogP contribution in [0.5, 0.6) is 0 Å². The van der Waals surface area contributed by atoms with Crippen LogP contribution >= 0.6 is 0 Å². The molecule has 1 amide bonds. The Labute approximate surface area is 132 Å². The zero-order valence-corrected chi connectivity index (χ0v) is 14.1. The molecule has 22 heavy (non-hydrogen) atoms. The molecule has 0 aliphatic carbocycles. The maximum Gasteiger partial charge on any atom is 0.412 e. The van der Waals surface area contributed by atoms with E-state index in [1.54, 1.807) is 26.8 Å². The van der Waals surface area contributed by atoms with Crippen molar-refractivity contribution >= 4 is 17.5 Å². The smallest absolute Gasteiger partial charge is 0.412 e. The van der Waals surface area contributed by atoms with Gasteiger partial charge >= 0.3 is 6.09 Å². The van der Waals surface area contributed by atoms with Crippen LogP contribution in [0.3, 0.4) is 0 Å². The third-order valence-corrected chi connectivity index (χ3v) is 3.00. The van der Waals surface area contributed by atoms with Crippen molar-refractivity contribution < 1.29 is 13.9 Å². The van der Waals surface area contributed by atoms with Gasteiger partial charge in [0.15, 0.2) is 0 Å². The second kappa shape index (κ2) is 8.01. The van der Waals surface area contributed by atoms with E-state index in [-0.39, 0.29) is 11.9 Å². The highest BCUT2D eigenvalue weighted by Crippen LogP contribution is 2.22. The van der Waals surface area contributed by atoms with Crippen LogP contribution in [0.25, 0.3) is 0 Å². The van der Waals surface area contributed by atoms with Gasteiger partial charge < -0.3 is 10.1 Å². The Morgan fingerprint density at radius 2 is 2.05 bits per heavy atom. The zero-order chi connectivity index (χ0) is 16.8. The number of amides is 1. The fraction of sp³-hybridized carbons (Fsp3) is 0.588. The van der Waals surface area contributed by atoms with Gasteiger partial charge in [-0.25, -0.2) is 9.18 Å². The summed E-state index contributed by atoms with van der Waals surface area (Å²) in [6.45, 7) is 9.51. The van der Waals surface area contributed by atoms with Crippen molar-refractivity contribution in [3.8, 4) is 0 Å². The molecule has 0 fully saturated rings. The van der Waals surface area contributed by atoms with E-state index in [1.165, 1.54) is 12.1 Å². The highest BCUT2D eigenvalue weighted by atomic mass is 19.1. The third kappa shape index (κ3) is 6.78. The van der Waals surface area contributed by atoms with Crippen molar-refractivity contribution in [1.29, 1.82) is 0 Å². The van der Waals surface area contributed by atoms with Crippen LogP contribution in [-0.4, -0.2) is 17.7 Å². The molecule has 1 atom stereocenters. The van der Waals surface area contributed by atoms with Gasteiger partial charge in [-0.3, -0.25) is 5.32 Å². The summed E-state index contributed by atoms with van der Waals surface area (Å²) in [5, 5.41) is 5.75. The minimum Gasteiger partial charge on any atom is -0.444 e. The van der Waals surface area contributed by atoms with Crippen LogP contribution in [0.2, 0.25) is 0 Å². The van der Waals surface area contributed by atoms with Crippen molar-refractivity contribution in [1.82, 2.24) is 0 Å². The SMILES string of the molecule is CCCCC(C)Nc1cc(NC(=O)OC(C)(C)C)ccc1F. The number of hydrogen-bond acceptors (Lipinski definition) is 3. The first-order chi connectivity index (χ1) is 10.2. The Morgan fingerprint density at radius 1 is 1.36 bits per heavy atom. The molecular weight excluding hydrogens is 283 g/mol. The van der Waals surface area contributed by atoms with Crippen molar-refractivity contribution in [2.24, 2.45) is 0 Å². The summed E-state index contributed by atoms with van der Waals surface area (Å²) in [5.74, 6) is -0.335. The van der Waals surface area contributed by atoms with Crippen LogP contribution < -0.4 is 10.6 Å². The average Bonchev–Trinajstić information content (AvgIpc) is 2.38. The van der Waals surface area contributed by atoms with Crippen LogP contribution in [0.15, 0.2) is 18.2 Å². The molecule has 0 radical (unpaired) electrons. The highest BCUT2D eigenvalue weighted by Gasteiger charge is 2.16. The number of halogens is 1. The summed E-state index contributed by atoms with van der Waals surface area (Å²) in [5.41, 5.74) is 0.317. The molecule has 4 nitrogen and oxygen atoms in total. The van der Waals surface area contributed by atoms with Crippen molar-refractivity contribution in [3.05, 3.63) is 24.0 Å². The number of carbonyl (C=O) groups is 1. The van der Waals surface area contributed by atoms with Gasteiger partial charge in [-0.05, 0) is 52.3 Å². The second-order valence-corrected chi connectivity index (χ2v) is 6.51. The molecule has 1 aromatic rings.